The van der Waals surface area contributed by atoms with Crippen LogP contribution in [0.1, 0.15) is 42.0 Å². The number of halogens is 2. The van der Waals surface area contributed by atoms with E-state index in [1.165, 1.54) is 77.2 Å². The first-order chi connectivity index (χ1) is 22.1. The molecule has 0 aliphatic rings. The van der Waals surface area contributed by atoms with Gasteiger partial charge in [-0.1, -0.05) is 140 Å². The predicted octanol–water partition coefficient (Wildman–Crippen LogP) is 6.96. The van der Waals surface area contributed by atoms with Crippen LogP contribution in [0.5, 0.6) is 0 Å². The fraction of sp³-hybridized carbons (Fsp3) is 0.182. The standard InChI is InChI=1S/C22H17.C20H21.C2H6Si.2ClH.Zr/c1-16-12-20-14-19(17-8-4-2-5-9-17)15-22(21(20)13-16)18-10-6-3-7-11-18;1-13(2)17-11-16-6-5-7-19(20(16)12-17)18-9-14(3)8-15(4)10-18;1-3-2;;;/h2-15H,1H3;5-13H,1-4H3;1-2H3;2*1H;/q2*-1;;;;+2/p-2. The Morgan fingerprint density at radius 1 is 0.521 bits per heavy atom. The van der Waals surface area contributed by atoms with Crippen molar-refractivity contribution in [2.24, 2.45) is 0 Å². The van der Waals surface area contributed by atoms with E-state index in [1.807, 2.05) is 0 Å². The van der Waals surface area contributed by atoms with Gasteiger partial charge in [-0.2, -0.15) is 12.1 Å². The van der Waals surface area contributed by atoms with E-state index in [2.05, 4.69) is 181 Å². The van der Waals surface area contributed by atoms with Crippen molar-refractivity contribution in [2.75, 3.05) is 0 Å². The molecule has 0 bridgehead atoms. The molecule has 7 aromatic rings. The van der Waals surface area contributed by atoms with Crippen molar-refractivity contribution in [2.45, 2.75) is 53.6 Å². The summed E-state index contributed by atoms with van der Waals surface area (Å²) < 4.78 is 0. The molecule has 4 heteroatoms. The van der Waals surface area contributed by atoms with E-state index < -0.39 is 0 Å². The molecule has 0 aromatic heterocycles. The van der Waals surface area contributed by atoms with Gasteiger partial charge in [-0.05, 0) is 36.5 Å². The second kappa shape index (κ2) is 18.1. The minimum atomic E-state index is 0. The van der Waals surface area contributed by atoms with Gasteiger partial charge in [0.05, 0.1) is 0 Å². The molecule has 0 aliphatic heterocycles. The summed E-state index contributed by atoms with van der Waals surface area (Å²) in [5.41, 5.74) is 13.4. The summed E-state index contributed by atoms with van der Waals surface area (Å²) in [5, 5.41) is 5.38. The van der Waals surface area contributed by atoms with Crippen LogP contribution in [-0.2, 0) is 23.3 Å². The maximum absolute atomic E-state index is 2.35. The second-order valence-electron chi connectivity index (χ2n) is 12.9. The SMILES string of the molecule is C[Si](C)=[Zr+2].Cc1cc(C)cc(-c2cccc3[cH-]c(C(C)C)cc23)c1.Cc1cc2c(-c3ccccc3)cc(-c3ccccc3)cc2[cH-]1.[Cl-].[Cl-]. The van der Waals surface area contributed by atoms with Crippen LogP contribution in [0, 0.1) is 20.8 Å². The zero-order valence-corrected chi connectivity index (χ0v) is 34.0. The molecule has 0 saturated carbocycles. The molecule has 0 aliphatic carbocycles. The Morgan fingerprint density at radius 3 is 1.67 bits per heavy atom. The summed E-state index contributed by atoms with van der Waals surface area (Å²) in [5.74, 6) is 0.578. The number of fused-ring (bicyclic) bond motifs is 2. The summed E-state index contributed by atoms with van der Waals surface area (Å²) in [7, 11) is 0. The van der Waals surface area contributed by atoms with E-state index in [-0.39, 0.29) is 30.2 Å². The quantitative estimate of drug-likeness (QED) is 0.135. The molecule has 0 fully saturated rings. The van der Waals surface area contributed by atoms with Crippen LogP contribution < -0.4 is 24.8 Å². The maximum atomic E-state index is 2.35. The van der Waals surface area contributed by atoms with Gasteiger partial charge in [0, 0.05) is 0 Å². The summed E-state index contributed by atoms with van der Waals surface area (Å²) in [4.78, 5) is 0. The van der Waals surface area contributed by atoms with Crippen LogP contribution in [-0.4, -0.2) is 5.43 Å². The summed E-state index contributed by atoms with van der Waals surface area (Å²) in [6, 6.07) is 48.5. The molecule has 0 saturated heterocycles. The van der Waals surface area contributed by atoms with E-state index in [9.17, 15) is 0 Å². The number of benzene rings is 5. The van der Waals surface area contributed by atoms with Crippen molar-refractivity contribution >= 4 is 27.0 Å². The molecular weight excluding hydrogens is 719 g/mol. The van der Waals surface area contributed by atoms with Crippen molar-refractivity contribution in [3.8, 4) is 33.4 Å². The first kappa shape index (κ1) is 39.4. The Labute approximate surface area is 315 Å². The normalized spacial score (nSPS) is 10.4. The van der Waals surface area contributed by atoms with Gasteiger partial charge in [0.1, 0.15) is 0 Å². The number of hydrogen-bond donors (Lipinski definition) is 0. The molecule has 7 rings (SSSR count). The summed E-state index contributed by atoms with van der Waals surface area (Å²) >= 11 is 1.74. The largest absolute Gasteiger partial charge is 1.00 e. The summed E-state index contributed by atoms with van der Waals surface area (Å²) in [6.07, 6.45) is 0. The fourth-order valence-corrected chi connectivity index (χ4v) is 6.10. The van der Waals surface area contributed by atoms with Crippen molar-refractivity contribution in [3.63, 3.8) is 0 Å². The van der Waals surface area contributed by atoms with Crippen molar-refractivity contribution in [1.82, 2.24) is 0 Å². The fourth-order valence-electron chi connectivity index (χ4n) is 6.10. The molecule has 244 valence electrons. The van der Waals surface area contributed by atoms with Crippen LogP contribution in [0.3, 0.4) is 0 Å². The Balaban J connectivity index is 0.000000227. The predicted molar refractivity (Wildman–Crippen MR) is 201 cm³/mol. The second-order valence-corrected chi connectivity index (χ2v) is 22.3. The minimum Gasteiger partial charge on any atom is -1.00 e. The third-order valence-corrected chi connectivity index (χ3v) is 8.13. The van der Waals surface area contributed by atoms with Crippen LogP contribution in [0.15, 0.2) is 133 Å². The van der Waals surface area contributed by atoms with Gasteiger partial charge >= 0.3 is 41.9 Å². The average molecular weight is 763 g/mol. The van der Waals surface area contributed by atoms with Gasteiger partial charge in [-0.15, -0.1) is 63.0 Å². The molecule has 0 N–H and O–H groups in total. The Hall–Kier alpha value is -3.00. The summed E-state index contributed by atoms with van der Waals surface area (Å²) in [6.45, 7) is 15.6. The molecule has 0 unspecified atom stereocenters. The number of rotatable bonds is 4. The first-order valence-corrected chi connectivity index (χ1v) is 22.4. The molecule has 0 atom stereocenters. The number of aryl methyl sites for hydroxylation is 3. The van der Waals surface area contributed by atoms with E-state index in [0.29, 0.717) is 5.92 Å². The van der Waals surface area contributed by atoms with Gasteiger partial charge in [-0.3, -0.25) is 0 Å². The zero-order chi connectivity index (χ0) is 32.8. The van der Waals surface area contributed by atoms with Crippen LogP contribution in [0.2, 0.25) is 13.1 Å². The van der Waals surface area contributed by atoms with Crippen LogP contribution >= 0.6 is 0 Å². The molecule has 48 heavy (non-hydrogen) atoms. The van der Waals surface area contributed by atoms with Gasteiger partial charge in [0.2, 0.25) is 0 Å². The molecular formula is C44H44Cl2SiZr-2. The smallest absolute Gasteiger partial charge is 0.0274 e. The minimum absolute atomic E-state index is 0. The molecule has 0 amide bonds. The monoisotopic (exact) mass is 760 g/mol. The van der Waals surface area contributed by atoms with Crippen molar-refractivity contribution in [3.05, 3.63) is 156 Å². The zero-order valence-electron chi connectivity index (χ0n) is 29.0. The van der Waals surface area contributed by atoms with Crippen molar-refractivity contribution < 1.29 is 48.1 Å². The average Bonchev–Trinajstić information content (AvgIpc) is 3.64. The van der Waals surface area contributed by atoms with E-state index in [4.69, 9.17) is 0 Å². The third kappa shape index (κ3) is 10.0. The van der Waals surface area contributed by atoms with E-state index in [0.717, 1.165) is 0 Å². The Kier molecular flexibility index (Phi) is 14.9. The Morgan fingerprint density at radius 2 is 1.08 bits per heavy atom. The maximum Gasteiger partial charge on any atom is -0.0274 e. The van der Waals surface area contributed by atoms with Crippen LogP contribution in [0.4, 0.5) is 0 Å². The van der Waals surface area contributed by atoms with E-state index >= 15 is 0 Å². The third-order valence-electron chi connectivity index (χ3n) is 8.13. The first-order valence-electron chi connectivity index (χ1n) is 16.2. The topological polar surface area (TPSA) is 0 Å². The van der Waals surface area contributed by atoms with Gasteiger partial charge in [0.15, 0.2) is 0 Å². The molecule has 0 radical (unpaired) electrons. The van der Waals surface area contributed by atoms with Gasteiger partial charge < -0.3 is 24.8 Å². The van der Waals surface area contributed by atoms with Crippen LogP contribution in [0.25, 0.3) is 54.9 Å². The van der Waals surface area contributed by atoms with E-state index in [1.54, 1.807) is 23.3 Å². The number of hydrogen-bond acceptors (Lipinski definition) is 0. The molecule has 0 heterocycles. The van der Waals surface area contributed by atoms with Gasteiger partial charge in [0.25, 0.3) is 0 Å². The van der Waals surface area contributed by atoms with Gasteiger partial charge in [-0.25, -0.2) is 0 Å². The molecule has 7 aromatic carbocycles. The molecule has 0 spiro atoms. The molecule has 0 nitrogen and oxygen atoms in total. The van der Waals surface area contributed by atoms with Crippen molar-refractivity contribution in [1.29, 1.82) is 0 Å². The Bertz CT molecular complexity index is 2060.